The highest BCUT2D eigenvalue weighted by atomic mass is 35.5. The van der Waals surface area contributed by atoms with Crippen LogP contribution in [0, 0.1) is 0 Å². The second-order valence-electron chi connectivity index (χ2n) is 4.81. The summed E-state index contributed by atoms with van der Waals surface area (Å²) in [5.74, 6) is 0.818. The Kier molecular flexibility index (Phi) is 3.83. The number of aliphatic hydroxyl groups excluding tert-OH is 1. The van der Waals surface area contributed by atoms with E-state index in [4.69, 9.17) is 27.9 Å². The molecule has 1 fully saturated rings. The molecule has 0 radical (unpaired) electrons. The summed E-state index contributed by atoms with van der Waals surface area (Å²) < 4.78 is 5.66. The largest absolute Gasteiger partial charge is 0.490 e. The van der Waals surface area contributed by atoms with Gasteiger partial charge in [-0.05, 0) is 36.6 Å². The second kappa shape index (κ2) is 5.60. The third kappa shape index (κ3) is 3.06. The van der Waals surface area contributed by atoms with Crippen LogP contribution in [0.25, 0.3) is 0 Å². The van der Waals surface area contributed by atoms with Gasteiger partial charge in [-0.1, -0.05) is 35.3 Å². The van der Waals surface area contributed by atoms with E-state index in [0.29, 0.717) is 27.4 Å². The van der Waals surface area contributed by atoms with E-state index in [0.717, 1.165) is 18.6 Å². The molecule has 3 rings (SSSR count). The van der Waals surface area contributed by atoms with Crippen molar-refractivity contribution in [1.29, 1.82) is 0 Å². The number of benzene rings is 1. The number of nitrogens with zero attached hydrogens (tertiary/aromatic N) is 1. The number of halogens is 2. The predicted octanol–water partition coefficient (Wildman–Crippen LogP) is 4.01. The van der Waals surface area contributed by atoms with E-state index in [1.54, 1.807) is 6.07 Å². The van der Waals surface area contributed by atoms with Crippen molar-refractivity contribution in [3.63, 3.8) is 0 Å². The van der Waals surface area contributed by atoms with E-state index in [2.05, 4.69) is 4.98 Å². The summed E-state index contributed by atoms with van der Waals surface area (Å²) in [5.41, 5.74) is 1.11. The molecule has 1 aliphatic rings. The highest BCUT2D eigenvalue weighted by Gasteiger charge is 2.23. The van der Waals surface area contributed by atoms with E-state index >= 15 is 0 Å². The van der Waals surface area contributed by atoms with Gasteiger partial charge in [-0.2, -0.15) is 0 Å². The van der Waals surface area contributed by atoms with Crippen LogP contribution in [-0.2, 0) is 0 Å². The Balaban J connectivity index is 1.80. The molecule has 1 aliphatic carbocycles. The molecule has 1 aromatic carbocycles. The summed E-state index contributed by atoms with van der Waals surface area (Å²) in [5, 5.41) is 11.1. The lowest BCUT2D eigenvalue weighted by molar-refractivity contribution is 0.215. The van der Waals surface area contributed by atoms with E-state index in [1.165, 1.54) is 6.20 Å². The van der Waals surface area contributed by atoms with Crippen LogP contribution >= 0.6 is 23.2 Å². The zero-order chi connectivity index (χ0) is 14.1. The molecule has 0 amide bonds. The van der Waals surface area contributed by atoms with Crippen LogP contribution in [0.15, 0.2) is 36.5 Å². The van der Waals surface area contributed by atoms with Crippen LogP contribution in [0.2, 0.25) is 10.0 Å². The molecule has 0 saturated heterocycles. The van der Waals surface area contributed by atoms with Gasteiger partial charge < -0.3 is 9.84 Å². The summed E-state index contributed by atoms with van der Waals surface area (Å²) in [4.78, 5) is 4.09. The summed E-state index contributed by atoms with van der Waals surface area (Å²) >= 11 is 11.8. The topological polar surface area (TPSA) is 42.4 Å². The Morgan fingerprint density at radius 2 is 1.90 bits per heavy atom. The molecule has 1 atom stereocenters. The maximum atomic E-state index is 10.3. The SMILES string of the molecule is OC(c1ccc(OC2CC2)cc1)c1ncc(Cl)cc1Cl. The third-order valence-electron chi connectivity index (χ3n) is 3.12. The first-order chi connectivity index (χ1) is 9.63. The third-order valence-corrected chi connectivity index (χ3v) is 3.63. The normalized spacial score (nSPS) is 15.9. The van der Waals surface area contributed by atoms with Crippen molar-refractivity contribution < 1.29 is 9.84 Å². The smallest absolute Gasteiger partial charge is 0.122 e. The number of hydrogen-bond donors (Lipinski definition) is 1. The van der Waals surface area contributed by atoms with Crippen LogP contribution in [0.5, 0.6) is 5.75 Å². The van der Waals surface area contributed by atoms with Gasteiger partial charge >= 0.3 is 0 Å². The first-order valence-corrected chi connectivity index (χ1v) is 7.14. The Morgan fingerprint density at radius 3 is 2.50 bits per heavy atom. The Morgan fingerprint density at radius 1 is 1.20 bits per heavy atom. The fraction of sp³-hybridized carbons (Fsp3) is 0.267. The molecule has 1 N–H and O–H groups in total. The zero-order valence-electron chi connectivity index (χ0n) is 10.6. The zero-order valence-corrected chi connectivity index (χ0v) is 12.1. The molecule has 2 aromatic rings. The van der Waals surface area contributed by atoms with Gasteiger partial charge in [0.05, 0.1) is 21.8 Å². The number of hydrogen-bond acceptors (Lipinski definition) is 3. The average Bonchev–Trinajstić information content (AvgIpc) is 3.23. The summed E-state index contributed by atoms with van der Waals surface area (Å²) in [6.45, 7) is 0. The fourth-order valence-corrected chi connectivity index (χ4v) is 2.37. The number of aliphatic hydroxyl groups is 1. The number of pyridine rings is 1. The van der Waals surface area contributed by atoms with Crippen molar-refractivity contribution >= 4 is 23.2 Å². The maximum absolute atomic E-state index is 10.3. The summed E-state index contributed by atoms with van der Waals surface area (Å²) in [7, 11) is 0. The lowest BCUT2D eigenvalue weighted by Crippen LogP contribution is -2.03. The summed E-state index contributed by atoms with van der Waals surface area (Å²) in [6, 6.07) is 8.89. The van der Waals surface area contributed by atoms with Crippen molar-refractivity contribution in [2.75, 3.05) is 0 Å². The second-order valence-corrected chi connectivity index (χ2v) is 5.65. The Bertz CT molecular complexity index is 612. The Hall–Kier alpha value is -1.29. The quantitative estimate of drug-likeness (QED) is 0.927. The molecule has 104 valence electrons. The van der Waals surface area contributed by atoms with Gasteiger partial charge in [0.2, 0.25) is 0 Å². The molecule has 1 saturated carbocycles. The first-order valence-electron chi connectivity index (χ1n) is 6.39. The number of aromatic nitrogens is 1. The van der Waals surface area contributed by atoms with Crippen LogP contribution in [0.1, 0.15) is 30.2 Å². The lowest BCUT2D eigenvalue weighted by atomic mass is 10.1. The highest BCUT2D eigenvalue weighted by molar-refractivity contribution is 6.34. The monoisotopic (exact) mass is 309 g/mol. The molecule has 20 heavy (non-hydrogen) atoms. The van der Waals surface area contributed by atoms with Crippen molar-refractivity contribution in [3.8, 4) is 5.75 Å². The van der Waals surface area contributed by atoms with E-state index in [1.807, 2.05) is 24.3 Å². The Labute approximate surface area is 127 Å². The van der Waals surface area contributed by atoms with Gasteiger partial charge in [-0.15, -0.1) is 0 Å². The highest BCUT2D eigenvalue weighted by Crippen LogP contribution is 2.31. The van der Waals surface area contributed by atoms with E-state index in [9.17, 15) is 5.11 Å². The van der Waals surface area contributed by atoms with Crippen LogP contribution in [0.4, 0.5) is 0 Å². The number of rotatable bonds is 4. The average molecular weight is 310 g/mol. The van der Waals surface area contributed by atoms with Crippen molar-refractivity contribution in [3.05, 3.63) is 57.8 Å². The molecular formula is C15H13Cl2NO2. The van der Waals surface area contributed by atoms with Gasteiger partial charge in [-0.25, -0.2) is 0 Å². The first kappa shape index (κ1) is 13.7. The van der Waals surface area contributed by atoms with Crippen molar-refractivity contribution in [2.45, 2.75) is 25.0 Å². The van der Waals surface area contributed by atoms with Gasteiger partial charge in [0.15, 0.2) is 0 Å². The van der Waals surface area contributed by atoms with Crippen molar-refractivity contribution in [1.82, 2.24) is 4.98 Å². The minimum Gasteiger partial charge on any atom is -0.490 e. The molecule has 3 nitrogen and oxygen atoms in total. The van der Waals surface area contributed by atoms with Crippen LogP contribution in [0.3, 0.4) is 0 Å². The fourth-order valence-electron chi connectivity index (χ4n) is 1.89. The van der Waals surface area contributed by atoms with Gasteiger partial charge in [-0.3, -0.25) is 4.98 Å². The van der Waals surface area contributed by atoms with Crippen LogP contribution in [-0.4, -0.2) is 16.2 Å². The molecule has 0 spiro atoms. The molecular weight excluding hydrogens is 297 g/mol. The van der Waals surface area contributed by atoms with Gasteiger partial charge in [0.25, 0.3) is 0 Å². The number of ether oxygens (including phenoxy) is 1. The summed E-state index contributed by atoms with van der Waals surface area (Å²) in [6.07, 6.45) is 3.19. The van der Waals surface area contributed by atoms with Gasteiger partial charge in [0.1, 0.15) is 11.9 Å². The molecule has 1 heterocycles. The minimum atomic E-state index is -0.880. The van der Waals surface area contributed by atoms with Crippen molar-refractivity contribution in [2.24, 2.45) is 0 Å². The standard InChI is InChI=1S/C15H13Cl2NO2/c16-10-7-13(17)14(18-8-10)15(19)9-1-3-11(4-2-9)20-12-5-6-12/h1-4,7-8,12,15,19H,5-6H2. The van der Waals surface area contributed by atoms with E-state index < -0.39 is 6.10 Å². The minimum absolute atomic E-state index is 0.350. The molecule has 1 unspecified atom stereocenters. The molecule has 0 aliphatic heterocycles. The van der Waals surface area contributed by atoms with E-state index in [-0.39, 0.29) is 0 Å². The lowest BCUT2D eigenvalue weighted by Gasteiger charge is -2.13. The predicted molar refractivity (Wildman–Crippen MR) is 78.4 cm³/mol. The van der Waals surface area contributed by atoms with Crippen LogP contribution < -0.4 is 4.74 Å². The molecule has 5 heteroatoms. The van der Waals surface area contributed by atoms with Gasteiger partial charge in [0, 0.05) is 6.20 Å². The molecule has 1 aromatic heterocycles. The maximum Gasteiger partial charge on any atom is 0.122 e. The molecule has 0 bridgehead atoms.